The normalized spacial score (nSPS) is 17.9. The third-order valence-electron chi connectivity index (χ3n) is 8.65. The molecule has 3 aliphatic rings. The van der Waals surface area contributed by atoms with Gasteiger partial charge in [-0.1, -0.05) is 96.7 Å². The number of nitrogens with zero attached hydrogens (tertiary/aromatic N) is 3. The Labute approximate surface area is 248 Å². The maximum absolute atomic E-state index is 5.08. The highest BCUT2D eigenvalue weighted by atomic mass is 32.2. The number of hydrogen-bond donors (Lipinski definition) is 0. The van der Waals surface area contributed by atoms with Gasteiger partial charge >= 0.3 is 0 Å². The van der Waals surface area contributed by atoms with E-state index in [9.17, 15) is 0 Å². The van der Waals surface area contributed by atoms with E-state index in [0.29, 0.717) is 0 Å². The largest absolute Gasteiger partial charge is 0.318 e. The van der Waals surface area contributed by atoms with Gasteiger partial charge in [0.2, 0.25) is 0 Å². The van der Waals surface area contributed by atoms with E-state index in [1.54, 1.807) is 0 Å². The monoisotopic (exact) mass is 555 g/mol. The average Bonchev–Trinajstić information content (AvgIpc) is 3.39. The summed E-state index contributed by atoms with van der Waals surface area (Å²) < 4.78 is 0. The Kier molecular flexibility index (Phi) is 5.26. The van der Waals surface area contributed by atoms with Crippen LogP contribution in [0.25, 0.3) is 38.9 Å². The fraction of sp³-hybridized carbons (Fsp3) is 0.0526. The number of para-hydroxylation sites is 1. The Bertz CT molecular complexity index is 2090. The Morgan fingerprint density at radius 2 is 1.55 bits per heavy atom. The second kappa shape index (κ2) is 9.30. The lowest BCUT2D eigenvalue weighted by molar-refractivity contribution is 0.740. The molecule has 6 aromatic rings. The molecule has 2 atom stereocenters. The summed E-state index contributed by atoms with van der Waals surface area (Å²) in [7, 11) is 0. The molecule has 0 saturated heterocycles. The molecule has 4 aromatic carbocycles. The number of pyridine rings is 2. The molecular formula is C38H25N3S. The van der Waals surface area contributed by atoms with Crippen LogP contribution in [-0.4, -0.2) is 16.0 Å². The molecular weight excluding hydrogens is 531 g/mol. The molecule has 1 aliphatic carbocycles. The van der Waals surface area contributed by atoms with Crippen LogP contribution in [0.1, 0.15) is 17.0 Å². The van der Waals surface area contributed by atoms with Crippen molar-refractivity contribution in [3.05, 3.63) is 151 Å². The Balaban J connectivity index is 1.12. The average molecular weight is 556 g/mol. The number of allylic oxidation sites excluding steroid dienone is 2. The van der Waals surface area contributed by atoms with Crippen LogP contribution >= 0.6 is 11.8 Å². The van der Waals surface area contributed by atoms with Crippen molar-refractivity contribution in [3.8, 4) is 22.5 Å². The number of rotatable bonds is 3. The summed E-state index contributed by atoms with van der Waals surface area (Å²) in [5, 5.41) is 2.67. The smallest absolute Gasteiger partial charge is 0.134 e. The Morgan fingerprint density at radius 1 is 0.690 bits per heavy atom. The summed E-state index contributed by atoms with van der Waals surface area (Å²) in [6.45, 7) is 0. The topological polar surface area (TPSA) is 29.0 Å². The SMILES string of the molecule is C1=CC2C(C=C1c1ccc3c(c1)-c1cccc4cccc(c14)S3)c1ccccc1N2c1cccc(-c2ccccn2)n1. The second-order valence-corrected chi connectivity index (χ2v) is 12.1. The zero-order valence-electron chi connectivity index (χ0n) is 22.7. The molecule has 0 bridgehead atoms. The maximum Gasteiger partial charge on any atom is 0.134 e. The van der Waals surface area contributed by atoms with E-state index >= 15 is 0 Å². The summed E-state index contributed by atoms with van der Waals surface area (Å²) in [5.41, 5.74) is 9.48. The van der Waals surface area contributed by atoms with Crippen molar-refractivity contribution >= 4 is 39.6 Å². The number of fused-ring (bicyclic) bond motifs is 5. The van der Waals surface area contributed by atoms with Gasteiger partial charge in [-0.3, -0.25) is 4.98 Å². The maximum atomic E-state index is 5.08. The summed E-state index contributed by atoms with van der Waals surface area (Å²) in [4.78, 5) is 14.7. The van der Waals surface area contributed by atoms with E-state index in [4.69, 9.17) is 4.98 Å². The molecule has 2 aliphatic heterocycles. The van der Waals surface area contributed by atoms with E-state index in [0.717, 1.165) is 17.2 Å². The molecule has 0 saturated carbocycles. The first-order valence-corrected chi connectivity index (χ1v) is 15.1. The molecule has 0 spiro atoms. The number of aromatic nitrogens is 2. The zero-order chi connectivity index (χ0) is 27.6. The minimum absolute atomic E-state index is 0.159. The standard InChI is InChI=1S/C38H25N3S/c1-2-14-33-27(10-1)29-22-25(17-19-34(29)41(33)37-16-7-13-32(40-37)31-12-3-4-21-39-31)26-18-20-35-30(23-26)28-11-5-8-24-9-6-15-36(42-35)38(24)28/h1-23,29,34H. The number of hydrogen-bond acceptors (Lipinski definition) is 4. The van der Waals surface area contributed by atoms with Gasteiger partial charge in [-0.25, -0.2) is 4.98 Å². The van der Waals surface area contributed by atoms with Gasteiger partial charge in [-0.15, -0.1) is 0 Å². The van der Waals surface area contributed by atoms with Crippen molar-refractivity contribution in [2.75, 3.05) is 4.90 Å². The zero-order valence-corrected chi connectivity index (χ0v) is 23.5. The van der Waals surface area contributed by atoms with Crippen molar-refractivity contribution in [3.63, 3.8) is 0 Å². The third kappa shape index (κ3) is 3.62. The lowest BCUT2D eigenvalue weighted by Crippen LogP contribution is -2.29. The van der Waals surface area contributed by atoms with Crippen LogP contribution in [0.15, 0.2) is 149 Å². The van der Waals surface area contributed by atoms with Crippen molar-refractivity contribution in [2.45, 2.75) is 21.8 Å². The van der Waals surface area contributed by atoms with Gasteiger partial charge in [-0.2, -0.15) is 0 Å². The Hall–Kier alpha value is -4.93. The van der Waals surface area contributed by atoms with Crippen molar-refractivity contribution < 1.29 is 0 Å². The molecule has 9 rings (SSSR count). The highest BCUT2D eigenvalue weighted by molar-refractivity contribution is 7.99. The molecule has 0 N–H and O–H groups in total. The lowest BCUT2D eigenvalue weighted by Gasteiger charge is -2.29. The quantitative estimate of drug-likeness (QED) is 0.217. The van der Waals surface area contributed by atoms with Crippen molar-refractivity contribution in [1.29, 1.82) is 0 Å². The van der Waals surface area contributed by atoms with Crippen LogP contribution < -0.4 is 4.90 Å². The molecule has 0 radical (unpaired) electrons. The van der Waals surface area contributed by atoms with E-state index in [1.807, 2.05) is 42.2 Å². The minimum atomic E-state index is 0.159. The molecule has 3 nitrogen and oxygen atoms in total. The molecule has 2 aromatic heterocycles. The molecule has 0 amide bonds. The van der Waals surface area contributed by atoms with Crippen LogP contribution in [0.2, 0.25) is 0 Å². The highest BCUT2D eigenvalue weighted by Gasteiger charge is 2.39. The molecule has 198 valence electrons. The van der Waals surface area contributed by atoms with Gasteiger partial charge in [0.1, 0.15) is 5.82 Å². The predicted octanol–water partition coefficient (Wildman–Crippen LogP) is 9.69. The minimum Gasteiger partial charge on any atom is -0.318 e. The molecule has 4 heteroatoms. The van der Waals surface area contributed by atoms with Crippen LogP contribution in [0.3, 0.4) is 0 Å². The molecule has 42 heavy (non-hydrogen) atoms. The van der Waals surface area contributed by atoms with Gasteiger partial charge < -0.3 is 4.90 Å². The summed E-state index contributed by atoms with van der Waals surface area (Å²) in [6.07, 6.45) is 8.94. The van der Waals surface area contributed by atoms with Gasteiger partial charge in [0, 0.05) is 33.0 Å². The van der Waals surface area contributed by atoms with Gasteiger partial charge in [0.15, 0.2) is 0 Å². The summed E-state index contributed by atoms with van der Waals surface area (Å²) >= 11 is 1.88. The fourth-order valence-electron chi connectivity index (χ4n) is 6.77. The fourth-order valence-corrected chi connectivity index (χ4v) is 7.89. The summed E-state index contributed by atoms with van der Waals surface area (Å²) in [6, 6.07) is 41.4. The highest BCUT2D eigenvalue weighted by Crippen LogP contribution is 2.51. The van der Waals surface area contributed by atoms with E-state index in [-0.39, 0.29) is 12.0 Å². The van der Waals surface area contributed by atoms with Crippen LogP contribution in [-0.2, 0) is 0 Å². The van der Waals surface area contributed by atoms with E-state index < -0.39 is 0 Å². The molecule has 0 fully saturated rings. The first-order chi connectivity index (χ1) is 20.8. The Morgan fingerprint density at radius 3 is 2.48 bits per heavy atom. The van der Waals surface area contributed by atoms with E-state index in [1.165, 1.54) is 54.1 Å². The van der Waals surface area contributed by atoms with Crippen LogP contribution in [0.5, 0.6) is 0 Å². The number of anilines is 2. The van der Waals surface area contributed by atoms with Gasteiger partial charge in [-0.05, 0) is 81.7 Å². The summed E-state index contributed by atoms with van der Waals surface area (Å²) in [5.74, 6) is 1.17. The van der Waals surface area contributed by atoms with Gasteiger partial charge in [0.05, 0.1) is 17.4 Å². The second-order valence-electron chi connectivity index (χ2n) is 11.0. The van der Waals surface area contributed by atoms with E-state index in [2.05, 4.69) is 119 Å². The lowest BCUT2D eigenvalue weighted by atomic mass is 9.85. The first kappa shape index (κ1) is 23.7. The van der Waals surface area contributed by atoms with Crippen LogP contribution in [0, 0.1) is 0 Å². The number of benzene rings is 4. The molecule has 2 unspecified atom stereocenters. The predicted molar refractivity (Wildman–Crippen MR) is 173 cm³/mol. The third-order valence-corrected chi connectivity index (χ3v) is 9.79. The van der Waals surface area contributed by atoms with Crippen molar-refractivity contribution in [1.82, 2.24) is 9.97 Å². The van der Waals surface area contributed by atoms with Crippen LogP contribution in [0.4, 0.5) is 11.5 Å². The first-order valence-electron chi connectivity index (χ1n) is 14.3. The van der Waals surface area contributed by atoms with Gasteiger partial charge in [0.25, 0.3) is 0 Å². The molecule has 4 heterocycles. The van der Waals surface area contributed by atoms with Crippen molar-refractivity contribution in [2.24, 2.45) is 0 Å².